The van der Waals surface area contributed by atoms with Crippen molar-refractivity contribution in [3.05, 3.63) is 30.6 Å². The molecule has 4 nitrogen and oxygen atoms in total. The van der Waals surface area contributed by atoms with Gasteiger partial charge in [-0.05, 0) is 18.2 Å². The molecule has 5 N–H and O–H groups in total. The molecule has 2 aromatic rings. The summed E-state index contributed by atoms with van der Waals surface area (Å²) in [4.78, 5) is 8.12. The summed E-state index contributed by atoms with van der Waals surface area (Å²) >= 11 is 1.51. The van der Waals surface area contributed by atoms with Gasteiger partial charge in [-0.1, -0.05) is 11.8 Å². The third-order valence-electron chi connectivity index (χ3n) is 1.75. The highest BCUT2D eigenvalue weighted by Crippen LogP contribution is 2.28. The summed E-state index contributed by atoms with van der Waals surface area (Å²) in [5, 5.41) is 0.842. The number of hydrogen-bond donors (Lipinski definition) is 3. The van der Waals surface area contributed by atoms with Crippen LogP contribution in [-0.4, -0.2) is 9.97 Å². The molecule has 1 aromatic carbocycles. The van der Waals surface area contributed by atoms with E-state index in [-0.39, 0.29) is 0 Å². The number of benzene rings is 1. The van der Waals surface area contributed by atoms with Gasteiger partial charge in [0, 0.05) is 17.3 Å². The number of nitrogens with zero attached hydrogens (tertiary/aromatic N) is 1. The summed E-state index contributed by atoms with van der Waals surface area (Å²) in [5.41, 5.74) is 12.5. The minimum Gasteiger partial charge on any atom is -0.397 e. The lowest BCUT2D eigenvalue weighted by molar-refractivity contribution is 1.06. The number of nitrogens with one attached hydrogen (secondary N) is 1. The van der Waals surface area contributed by atoms with Crippen molar-refractivity contribution in [2.75, 3.05) is 11.5 Å². The zero-order valence-corrected chi connectivity index (χ0v) is 8.21. The first kappa shape index (κ1) is 8.96. The maximum absolute atomic E-state index is 5.68. The van der Waals surface area contributed by atoms with E-state index in [9.17, 15) is 0 Å². The van der Waals surface area contributed by atoms with Crippen molar-refractivity contribution >= 4 is 23.1 Å². The topological polar surface area (TPSA) is 80.7 Å². The highest BCUT2D eigenvalue weighted by atomic mass is 32.2. The molecule has 0 radical (unpaired) electrons. The average molecular weight is 206 g/mol. The van der Waals surface area contributed by atoms with E-state index in [2.05, 4.69) is 9.97 Å². The molecule has 1 heterocycles. The Balaban J connectivity index is 2.22. The van der Waals surface area contributed by atoms with Gasteiger partial charge in [0.05, 0.1) is 11.4 Å². The number of aromatic nitrogens is 2. The van der Waals surface area contributed by atoms with Crippen molar-refractivity contribution in [2.45, 2.75) is 10.1 Å². The van der Waals surface area contributed by atoms with E-state index in [1.165, 1.54) is 11.8 Å². The zero-order chi connectivity index (χ0) is 9.97. The van der Waals surface area contributed by atoms with E-state index in [4.69, 9.17) is 11.5 Å². The van der Waals surface area contributed by atoms with Crippen molar-refractivity contribution in [3.63, 3.8) is 0 Å². The van der Waals surface area contributed by atoms with Crippen LogP contribution in [0.2, 0.25) is 0 Å². The summed E-state index contributed by atoms with van der Waals surface area (Å²) in [6.45, 7) is 0. The highest BCUT2D eigenvalue weighted by molar-refractivity contribution is 7.99. The van der Waals surface area contributed by atoms with Crippen molar-refractivity contribution < 1.29 is 0 Å². The van der Waals surface area contributed by atoms with E-state index >= 15 is 0 Å². The smallest absolute Gasteiger partial charge is 0.170 e. The van der Waals surface area contributed by atoms with Crippen LogP contribution in [0.1, 0.15) is 0 Å². The number of nitrogens with two attached hydrogens (primary N) is 2. The SMILES string of the molecule is Nc1ccc(Sc2ncc[nH]2)cc1N. The number of nitrogen functional groups attached to an aromatic ring is 2. The van der Waals surface area contributed by atoms with Crippen molar-refractivity contribution in [1.29, 1.82) is 0 Å². The Kier molecular flexibility index (Phi) is 2.32. The van der Waals surface area contributed by atoms with E-state index in [0.29, 0.717) is 11.4 Å². The fourth-order valence-corrected chi connectivity index (χ4v) is 1.82. The van der Waals surface area contributed by atoms with Crippen LogP contribution >= 0.6 is 11.8 Å². The number of H-pyrrole nitrogens is 1. The molecule has 0 aliphatic carbocycles. The molecule has 1 aromatic heterocycles. The van der Waals surface area contributed by atoms with Crippen LogP contribution in [0, 0.1) is 0 Å². The van der Waals surface area contributed by atoms with Gasteiger partial charge in [-0.2, -0.15) is 0 Å². The molecule has 5 heteroatoms. The van der Waals surface area contributed by atoms with E-state index < -0.39 is 0 Å². The van der Waals surface area contributed by atoms with Gasteiger partial charge in [-0.25, -0.2) is 4.98 Å². The van der Waals surface area contributed by atoms with Gasteiger partial charge < -0.3 is 16.5 Å². The largest absolute Gasteiger partial charge is 0.397 e. The first-order chi connectivity index (χ1) is 6.75. The monoisotopic (exact) mass is 206 g/mol. The summed E-state index contributed by atoms with van der Waals surface area (Å²) in [5.74, 6) is 0. The quantitative estimate of drug-likeness (QED) is 0.653. The molecule has 0 bridgehead atoms. The van der Waals surface area contributed by atoms with Gasteiger partial charge in [0.1, 0.15) is 0 Å². The molecule has 0 spiro atoms. The molecule has 0 aliphatic heterocycles. The minimum absolute atomic E-state index is 0.599. The van der Waals surface area contributed by atoms with Gasteiger partial charge in [0.15, 0.2) is 5.16 Å². The molecule has 0 saturated heterocycles. The van der Waals surface area contributed by atoms with Crippen LogP contribution in [-0.2, 0) is 0 Å². The molecule has 2 rings (SSSR count). The van der Waals surface area contributed by atoms with Crippen molar-refractivity contribution in [2.24, 2.45) is 0 Å². The number of aromatic amines is 1. The number of rotatable bonds is 2. The Hall–Kier alpha value is -1.62. The van der Waals surface area contributed by atoms with Crippen LogP contribution in [0.3, 0.4) is 0 Å². The standard InChI is InChI=1S/C9H10N4S/c10-7-2-1-6(5-8(7)11)14-9-12-3-4-13-9/h1-5H,10-11H2,(H,12,13). The van der Waals surface area contributed by atoms with Gasteiger partial charge in [-0.15, -0.1) is 0 Å². The van der Waals surface area contributed by atoms with Gasteiger partial charge >= 0.3 is 0 Å². The number of anilines is 2. The lowest BCUT2D eigenvalue weighted by Gasteiger charge is -2.02. The van der Waals surface area contributed by atoms with Crippen LogP contribution in [0.4, 0.5) is 11.4 Å². The maximum atomic E-state index is 5.68. The van der Waals surface area contributed by atoms with E-state index in [1.807, 2.05) is 12.1 Å². The second kappa shape index (κ2) is 3.63. The van der Waals surface area contributed by atoms with Gasteiger partial charge in [-0.3, -0.25) is 0 Å². The van der Waals surface area contributed by atoms with Gasteiger partial charge in [0.25, 0.3) is 0 Å². The summed E-state index contributed by atoms with van der Waals surface area (Å²) in [6.07, 6.45) is 3.49. The Morgan fingerprint density at radius 3 is 2.71 bits per heavy atom. The lowest BCUT2D eigenvalue weighted by atomic mass is 10.3. The third-order valence-corrected chi connectivity index (χ3v) is 2.65. The van der Waals surface area contributed by atoms with E-state index in [1.54, 1.807) is 18.5 Å². The Bertz CT molecular complexity index is 424. The Labute approximate surface area is 85.7 Å². The molecule has 14 heavy (non-hydrogen) atoms. The second-order valence-corrected chi connectivity index (χ2v) is 3.85. The molecular formula is C9H10N4S. The fourth-order valence-electron chi connectivity index (χ4n) is 1.03. The molecule has 72 valence electrons. The molecule has 0 atom stereocenters. The van der Waals surface area contributed by atoms with Gasteiger partial charge in [0.2, 0.25) is 0 Å². The first-order valence-corrected chi connectivity index (χ1v) is 4.89. The molecule has 0 fully saturated rings. The minimum atomic E-state index is 0.599. The molecular weight excluding hydrogens is 196 g/mol. The van der Waals surface area contributed by atoms with Crippen LogP contribution < -0.4 is 11.5 Å². The highest BCUT2D eigenvalue weighted by Gasteiger charge is 2.01. The molecule has 0 unspecified atom stereocenters. The normalized spacial score (nSPS) is 10.3. The fraction of sp³-hybridized carbons (Fsp3) is 0. The summed E-state index contributed by atoms with van der Waals surface area (Å²) in [7, 11) is 0. The molecule has 0 saturated carbocycles. The molecule has 0 aliphatic rings. The third kappa shape index (κ3) is 1.82. The van der Waals surface area contributed by atoms with Crippen LogP contribution in [0.25, 0.3) is 0 Å². The average Bonchev–Trinajstić information content (AvgIpc) is 2.64. The maximum Gasteiger partial charge on any atom is 0.170 e. The molecule has 0 amide bonds. The second-order valence-electron chi connectivity index (χ2n) is 2.79. The number of hydrogen-bond acceptors (Lipinski definition) is 4. The Morgan fingerprint density at radius 1 is 1.21 bits per heavy atom. The van der Waals surface area contributed by atoms with Crippen LogP contribution in [0.5, 0.6) is 0 Å². The number of imidazole rings is 1. The van der Waals surface area contributed by atoms with Crippen molar-refractivity contribution in [1.82, 2.24) is 9.97 Å². The Morgan fingerprint density at radius 2 is 2.07 bits per heavy atom. The predicted octanol–water partition coefficient (Wildman–Crippen LogP) is 1.73. The lowest BCUT2D eigenvalue weighted by Crippen LogP contribution is -1.93. The predicted molar refractivity (Wildman–Crippen MR) is 58.0 cm³/mol. The van der Waals surface area contributed by atoms with Crippen LogP contribution in [0.15, 0.2) is 40.6 Å². The zero-order valence-electron chi connectivity index (χ0n) is 7.40. The summed E-state index contributed by atoms with van der Waals surface area (Å²) in [6, 6.07) is 5.54. The van der Waals surface area contributed by atoms with E-state index in [0.717, 1.165) is 10.1 Å². The first-order valence-electron chi connectivity index (χ1n) is 4.08. The summed E-state index contributed by atoms with van der Waals surface area (Å²) < 4.78 is 0. The van der Waals surface area contributed by atoms with Crippen molar-refractivity contribution in [3.8, 4) is 0 Å².